The van der Waals surface area contributed by atoms with Gasteiger partial charge in [0.2, 0.25) is 0 Å². The zero-order valence-corrected chi connectivity index (χ0v) is 12.9. The summed E-state index contributed by atoms with van der Waals surface area (Å²) in [5.41, 5.74) is 0. The summed E-state index contributed by atoms with van der Waals surface area (Å²) in [6, 6.07) is 18.9. The van der Waals surface area contributed by atoms with Gasteiger partial charge in [-0.25, -0.2) is 0 Å². The topological polar surface area (TPSA) is 21.3 Å². The molecule has 0 spiro atoms. The van der Waals surface area contributed by atoms with E-state index in [-0.39, 0.29) is 6.10 Å². The van der Waals surface area contributed by atoms with Crippen LogP contribution < -0.4 is 10.1 Å². The summed E-state index contributed by atoms with van der Waals surface area (Å²) < 4.78 is 6.24. The van der Waals surface area contributed by atoms with Gasteiger partial charge in [0.05, 0.1) is 0 Å². The van der Waals surface area contributed by atoms with Crippen LogP contribution in [0.1, 0.15) is 17.4 Å². The van der Waals surface area contributed by atoms with Crippen molar-refractivity contribution in [2.75, 3.05) is 13.6 Å². The van der Waals surface area contributed by atoms with Gasteiger partial charge in [0.25, 0.3) is 0 Å². The molecule has 1 N–H and O–H groups in total. The summed E-state index contributed by atoms with van der Waals surface area (Å²) in [5, 5.41) is 7.76. The Hall–Kier alpha value is -1.84. The van der Waals surface area contributed by atoms with Crippen LogP contribution in [0.2, 0.25) is 0 Å². The fourth-order valence-electron chi connectivity index (χ4n) is 2.41. The number of ether oxygens (including phenoxy) is 1. The minimum Gasteiger partial charge on any atom is -0.485 e. The van der Waals surface area contributed by atoms with Crippen molar-refractivity contribution in [3.63, 3.8) is 0 Å². The van der Waals surface area contributed by atoms with Gasteiger partial charge in [-0.15, -0.1) is 11.3 Å². The minimum atomic E-state index is 0.110. The summed E-state index contributed by atoms with van der Waals surface area (Å²) in [6.07, 6.45) is 1.07. The van der Waals surface area contributed by atoms with Gasteiger partial charge in [0.15, 0.2) is 0 Å². The lowest BCUT2D eigenvalue weighted by Gasteiger charge is -2.18. The molecule has 21 heavy (non-hydrogen) atoms. The van der Waals surface area contributed by atoms with Crippen molar-refractivity contribution in [3.05, 3.63) is 64.9 Å². The van der Waals surface area contributed by atoms with E-state index in [1.807, 2.05) is 7.05 Å². The highest BCUT2D eigenvalue weighted by atomic mass is 32.1. The quantitative estimate of drug-likeness (QED) is 0.716. The molecule has 0 amide bonds. The molecule has 0 bridgehead atoms. The van der Waals surface area contributed by atoms with Crippen molar-refractivity contribution in [1.82, 2.24) is 5.32 Å². The SMILES string of the molecule is CNCCC(Oc1ccc2ccccc2c1)c1cccs1. The monoisotopic (exact) mass is 297 g/mol. The van der Waals surface area contributed by atoms with Crippen LogP contribution in [0.25, 0.3) is 10.8 Å². The average Bonchev–Trinajstić information content (AvgIpc) is 3.05. The van der Waals surface area contributed by atoms with Crippen LogP contribution in [0.4, 0.5) is 0 Å². The Bertz CT molecular complexity index is 693. The second-order valence-corrected chi connectivity index (χ2v) is 6.00. The number of benzene rings is 2. The van der Waals surface area contributed by atoms with Crippen molar-refractivity contribution < 1.29 is 4.74 Å². The van der Waals surface area contributed by atoms with Crippen molar-refractivity contribution in [2.24, 2.45) is 0 Å². The molecule has 0 aliphatic rings. The van der Waals surface area contributed by atoms with Crippen molar-refractivity contribution in [1.29, 1.82) is 0 Å². The summed E-state index contributed by atoms with van der Waals surface area (Å²) in [6.45, 7) is 0.941. The Morgan fingerprint density at radius 2 is 1.90 bits per heavy atom. The second kappa shape index (κ2) is 6.74. The number of hydrogen-bond donors (Lipinski definition) is 1. The summed E-state index contributed by atoms with van der Waals surface area (Å²) in [5.74, 6) is 0.934. The Labute approximate surface area is 129 Å². The minimum absolute atomic E-state index is 0.110. The van der Waals surface area contributed by atoms with E-state index < -0.39 is 0 Å². The van der Waals surface area contributed by atoms with Gasteiger partial charge in [-0.05, 0) is 47.9 Å². The molecule has 3 rings (SSSR count). The molecule has 0 aliphatic heterocycles. The third-order valence-corrected chi connectivity index (χ3v) is 4.48. The van der Waals surface area contributed by atoms with E-state index in [4.69, 9.17) is 4.74 Å². The van der Waals surface area contributed by atoms with Crippen LogP contribution in [0.15, 0.2) is 60.0 Å². The fourth-order valence-corrected chi connectivity index (χ4v) is 3.20. The van der Waals surface area contributed by atoms with E-state index in [0.29, 0.717) is 0 Å². The summed E-state index contributed by atoms with van der Waals surface area (Å²) in [7, 11) is 1.97. The molecule has 2 nitrogen and oxygen atoms in total. The van der Waals surface area contributed by atoms with Crippen LogP contribution in [-0.2, 0) is 0 Å². The largest absolute Gasteiger partial charge is 0.485 e. The first-order valence-electron chi connectivity index (χ1n) is 7.20. The Morgan fingerprint density at radius 1 is 1.05 bits per heavy atom. The highest BCUT2D eigenvalue weighted by Crippen LogP contribution is 2.29. The first-order valence-corrected chi connectivity index (χ1v) is 8.08. The van der Waals surface area contributed by atoms with Crippen molar-refractivity contribution >= 4 is 22.1 Å². The molecule has 0 saturated heterocycles. The van der Waals surface area contributed by atoms with Gasteiger partial charge in [0.1, 0.15) is 11.9 Å². The average molecular weight is 297 g/mol. The van der Waals surface area contributed by atoms with E-state index in [9.17, 15) is 0 Å². The van der Waals surface area contributed by atoms with Crippen LogP contribution in [0.5, 0.6) is 5.75 Å². The molecule has 0 fully saturated rings. The first kappa shape index (κ1) is 14.1. The van der Waals surface area contributed by atoms with Crippen molar-refractivity contribution in [3.8, 4) is 5.75 Å². The van der Waals surface area contributed by atoms with E-state index in [1.54, 1.807) is 11.3 Å². The van der Waals surface area contributed by atoms with Gasteiger partial charge < -0.3 is 10.1 Å². The summed E-state index contributed by atoms with van der Waals surface area (Å²) in [4.78, 5) is 1.28. The Kier molecular flexibility index (Phi) is 4.53. The van der Waals surface area contributed by atoms with Gasteiger partial charge in [-0.1, -0.05) is 36.4 Å². The Balaban J connectivity index is 1.83. The normalized spacial score (nSPS) is 12.4. The molecule has 0 aliphatic carbocycles. The summed E-state index contributed by atoms with van der Waals surface area (Å²) >= 11 is 1.75. The maximum absolute atomic E-state index is 6.24. The zero-order chi connectivity index (χ0) is 14.5. The first-order chi connectivity index (χ1) is 10.4. The van der Waals surface area contributed by atoms with E-state index >= 15 is 0 Å². The van der Waals surface area contributed by atoms with Gasteiger partial charge in [-0.2, -0.15) is 0 Å². The molecule has 0 radical (unpaired) electrons. The van der Waals surface area contributed by atoms with E-state index in [0.717, 1.165) is 18.7 Å². The number of thiophene rings is 1. The molecule has 1 heterocycles. The fraction of sp³-hybridized carbons (Fsp3) is 0.222. The standard InChI is InChI=1S/C18H19NOS/c1-19-11-10-17(18-7-4-12-21-18)20-16-9-8-14-5-2-3-6-15(14)13-16/h2-9,12-13,17,19H,10-11H2,1H3. The van der Waals surface area contributed by atoms with Crippen LogP contribution in [-0.4, -0.2) is 13.6 Å². The predicted octanol–water partition coefficient (Wildman–Crippen LogP) is 4.63. The maximum Gasteiger partial charge on any atom is 0.134 e. The second-order valence-electron chi connectivity index (χ2n) is 5.02. The van der Waals surface area contributed by atoms with E-state index in [2.05, 4.69) is 65.3 Å². The van der Waals surface area contributed by atoms with Crippen LogP contribution >= 0.6 is 11.3 Å². The Morgan fingerprint density at radius 3 is 2.67 bits per heavy atom. The molecule has 3 aromatic rings. The lowest BCUT2D eigenvalue weighted by atomic mass is 10.1. The molecule has 0 saturated carbocycles. The van der Waals surface area contributed by atoms with Gasteiger partial charge in [0, 0.05) is 11.3 Å². The zero-order valence-electron chi connectivity index (χ0n) is 12.1. The number of rotatable bonds is 6. The molecular formula is C18H19NOS. The lowest BCUT2D eigenvalue weighted by molar-refractivity contribution is 0.199. The van der Waals surface area contributed by atoms with E-state index in [1.165, 1.54) is 15.6 Å². The van der Waals surface area contributed by atoms with Crippen LogP contribution in [0.3, 0.4) is 0 Å². The molecule has 1 unspecified atom stereocenters. The third-order valence-electron chi connectivity index (χ3n) is 3.52. The number of nitrogens with one attached hydrogen (secondary N) is 1. The number of hydrogen-bond acceptors (Lipinski definition) is 3. The molecule has 2 aromatic carbocycles. The highest BCUT2D eigenvalue weighted by molar-refractivity contribution is 7.10. The van der Waals surface area contributed by atoms with Gasteiger partial charge >= 0.3 is 0 Å². The molecular weight excluding hydrogens is 278 g/mol. The number of fused-ring (bicyclic) bond motifs is 1. The lowest BCUT2D eigenvalue weighted by Crippen LogP contribution is -2.15. The maximum atomic E-state index is 6.24. The predicted molar refractivity (Wildman–Crippen MR) is 90.2 cm³/mol. The van der Waals surface area contributed by atoms with Crippen molar-refractivity contribution in [2.45, 2.75) is 12.5 Å². The highest BCUT2D eigenvalue weighted by Gasteiger charge is 2.14. The van der Waals surface area contributed by atoms with Crippen LogP contribution in [0, 0.1) is 0 Å². The molecule has 1 aromatic heterocycles. The molecule has 3 heteroatoms. The molecule has 108 valence electrons. The smallest absolute Gasteiger partial charge is 0.134 e. The third kappa shape index (κ3) is 3.43. The molecule has 1 atom stereocenters. The van der Waals surface area contributed by atoms with Gasteiger partial charge in [-0.3, -0.25) is 0 Å².